The molecule has 1 radical (unpaired) electrons. The zero-order valence-electron chi connectivity index (χ0n) is 2.34. The van der Waals surface area contributed by atoms with Crippen molar-refractivity contribution < 1.29 is 77.2 Å². The van der Waals surface area contributed by atoms with Crippen LogP contribution in [0.25, 0.3) is 0 Å². The molecule has 0 aromatic carbocycles. The Morgan fingerprint density at radius 1 is 0.667 bits per heavy atom. The van der Waals surface area contributed by atoms with Gasteiger partial charge in [0.1, 0.15) is 0 Å². The van der Waals surface area contributed by atoms with E-state index in [0.717, 1.165) is 0 Å². The van der Waals surface area contributed by atoms with E-state index < -0.39 is 0 Å². The van der Waals surface area contributed by atoms with Crippen molar-refractivity contribution in [2.75, 3.05) is 0 Å². The Bertz CT molecular complexity index is 10.8. The van der Waals surface area contributed by atoms with Crippen LogP contribution >= 0.6 is 0 Å². The molecular weight excluding hydrogens is 392 g/mol. The topological polar surface area (TPSA) is 85.5 Å². The van der Waals surface area contributed by atoms with E-state index in [1.165, 1.54) is 0 Å². The van der Waals surface area contributed by atoms with Gasteiger partial charge in [-0.3, -0.25) is 0 Å². The average Bonchev–Trinajstić information content (AvgIpc) is 0. The summed E-state index contributed by atoms with van der Waals surface area (Å²) in [5, 5.41) is 0. The van der Waals surface area contributed by atoms with Crippen molar-refractivity contribution in [3.05, 3.63) is 0 Å². The molecule has 0 aliphatic carbocycles. The van der Waals surface area contributed by atoms with E-state index in [0.29, 0.717) is 0 Å². The van der Waals surface area contributed by atoms with Crippen LogP contribution in [0.1, 0.15) is 0 Å². The molecule has 0 saturated heterocycles. The van der Waals surface area contributed by atoms with Crippen LogP contribution < -0.4 is 0 Å². The van der Waals surface area contributed by atoms with Crippen molar-refractivity contribution in [3.8, 4) is 0 Å². The van der Waals surface area contributed by atoms with E-state index in [-0.39, 0.29) is 77.2 Å². The molecule has 0 spiro atoms. The van der Waals surface area contributed by atoms with Crippen molar-refractivity contribution in [3.63, 3.8) is 0 Å². The fourth-order valence-electron chi connectivity index (χ4n) is 0. The Hall–Kier alpha value is 1.84. The normalized spacial score (nSPS) is 0. The van der Waals surface area contributed by atoms with E-state index in [1.54, 1.807) is 0 Å². The molecule has 0 atom stereocenters. The molecule has 0 aromatic heterocycles. The van der Waals surface area contributed by atoms with Gasteiger partial charge in [0, 0.05) is 60.8 Å². The molecule has 0 bridgehead atoms. The molecule has 6 heavy (non-hydrogen) atoms. The second-order valence-corrected chi connectivity index (χ2v) is 0. The first-order valence-electron chi connectivity index (χ1n) is 0. The summed E-state index contributed by atoms with van der Waals surface area (Å²) in [7, 11) is 0. The molecule has 0 N–H and O–H groups in total. The molecule has 3 nitrogen and oxygen atoms in total. The van der Waals surface area contributed by atoms with E-state index in [4.69, 9.17) is 0 Å². The summed E-state index contributed by atoms with van der Waals surface area (Å²) < 4.78 is 0. The molecule has 0 aliphatic rings. The Morgan fingerprint density at radius 3 is 0.667 bits per heavy atom. The smallest absolute Gasteiger partial charge is 0 e. The second-order valence-electron chi connectivity index (χ2n) is 0. The molecule has 0 unspecified atom stereocenters. The van der Waals surface area contributed by atoms with E-state index in [2.05, 4.69) is 0 Å². The summed E-state index contributed by atoms with van der Waals surface area (Å²) in [6.07, 6.45) is 0. The molecule has 0 saturated carbocycles. The molecule has 6 heteroatoms. The molecule has 0 amide bonds. The van der Waals surface area contributed by atoms with Gasteiger partial charge in [0.2, 0.25) is 0 Å². The van der Waals surface area contributed by atoms with Gasteiger partial charge in [-0.05, 0) is 0 Å². The summed E-state index contributed by atoms with van der Waals surface area (Å²) in [4.78, 5) is 0. The van der Waals surface area contributed by atoms with Crippen LogP contribution in [0.15, 0.2) is 0 Å². The van der Waals surface area contributed by atoms with Crippen molar-refractivity contribution >= 4 is 0 Å². The predicted molar refractivity (Wildman–Crippen MR) is 2.06 cm³/mol. The Kier molecular flexibility index (Phi) is 1240. The minimum Gasteiger partial charge on any atom is -2.00 e. The Morgan fingerprint density at radius 2 is 0.667 bits per heavy atom. The maximum atomic E-state index is 0. The summed E-state index contributed by atoms with van der Waals surface area (Å²) in [5.41, 5.74) is 0. The van der Waals surface area contributed by atoms with E-state index >= 15 is 0 Å². The molecular formula is AgCrO3W-6. The van der Waals surface area contributed by atoms with Crippen LogP contribution in [0.4, 0.5) is 0 Å². The van der Waals surface area contributed by atoms with Crippen molar-refractivity contribution in [2.45, 2.75) is 0 Å². The zero-order chi connectivity index (χ0) is 0. The third-order valence-electron chi connectivity index (χ3n) is 0. The third kappa shape index (κ3) is 40.4. The van der Waals surface area contributed by atoms with Crippen LogP contribution in [-0.2, 0) is 77.2 Å². The number of rotatable bonds is 0. The first-order valence-corrected chi connectivity index (χ1v) is 0. The van der Waals surface area contributed by atoms with Gasteiger partial charge in [0.25, 0.3) is 0 Å². The molecule has 0 aromatic rings. The Labute approximate surface area is 76.7 Å². The van der Waals surface area contributed by atoms with E-state index in [1.807, 2.05) is 0 Å². The van der Waals surface area contributed by atoms with Gasteiger partial charge in [-0.1, -0.05) is 0 Å². The Balaban J connectivity index is 0. The van der Waals surface area contributed by atoms with Gasteiger partial charge in [-0.2, -0.15) is 0 Å². The van der Waals surface area contributed by atoms with Gasteiger partial charge in [0.15, 0.2) is 0 Å². The monoisotopic (exact) mass is 391 g/mol. The van der Waals surface area contributed by atoms with E-state index in [9.17, 15) is 0 Å². The fraction of sp³-hybridized carbons (Fsp3) is 0. The zero-order valence-corrected chi connectivity index (χ0v) is 8.03. The first-order chi connectivity index (χ1) is 0. The minimum absolute atomic E-state index is 0. The minimum atomic E-state index is 0. The molecule has 0 rings (SSSR count). The van der Waals surface area contributed by atoms with Crippen LogP contribution in [-0.4, -0.2) is 0 Å². The molecule has 0 aliphatic heterocycles. The largest absolute Gasteiger partial charge is 2.00 e. The van der Waals surface area contributed by atoms with Crippen molar-refractivity contribution in [1.29, 1.82) is 0 Å². The van der Waals surface area contributed by atoms with Crippen LogP contribution in [0.2, 0.25) is 0 Å². The quantitative estimate of drug-likeness (QED) is 0.505. The second kappa shape index (κ2) is 68.9. The van der Waals surface area contributed by atoms with Crippen LogP contribution in [0, 0.1) is 0 Å². The first kappa shape index (κ1) is 108. The fourth-order valence-corrected chi connectivity index (χ4v) is 0. The van der Waals surface area contributed by atoms with Gasteiger partial charge in [-0.15, -0.1) is 0 Å². The van der Waals surface area contributed by atoms with Gasteiger partial charge in [-0.25, -0.2) is 0 Å². The number of hydrogen-bond acceptors (Lipinski definition) is 0. The maximum absolute atomic E-state index is 0. The molecule has 0 fully saturated rings. The SMILES string of the molecule is [Ag].[Cr].[O-2].[O-2].[O-2].[W]. The predicted octanol–water partition coefficient (Wildman–Crippen LogP) is -0.364. The van der Waals surface area contributed by atoms with Gasteiger partial charge < -0.3 is 16.4 Å². The van der Waals surface area contributed by atoms with Crippen LogP contribution in [0.5, 0.6) is 0 Å². The maximum Gasteiger partial charge on any atom is 0 e. The third-order valence-corrected chi connectivity index (χ3v) is 0. The number of hydrogen-bond donors (Lipinski definition) is 0. The summed E-state index contributed by atoms with van der Waals surface area (Å²) in [6, 6.07) is 0. The summed E-state index contributed by atoms with van der Waals surface area (Å²) in [5.74, 6) is 0. The van der Waals surface area contributed by atoms with Gasteiger partial charge >= 0.3 is 0 Å². The summed E-state index contributed by atoms with van der Waals surface area (Å²) in [6.45, 7) is 0. The average molecular weight is 392 g/mol. The summed E-state index contributed by atoms with van der Waals surface area (Å²) >= 11 is 0. The molecule has 47 valence electrons. The van der Waals surface area contributed by atoms with Crippen molar-refractivity contribution in [2.24, 2.45) is 0 Å². The van der Waals surface area contributed by atoms with Crippen molar-refractivity contribution in [1.82, 2.24) is 0 Å². The van der Waals surface area contributed by atoms with Crippen LogP contribution in [0.3, 0.4) is 0 Å². The standard InChI is InChI=1S/Ag.Cr.3O.W/q;;3*-2;. The van der Waals surface area contributed by atoms with Gasteiger partial charge in [0.05, 0.1) is 0 Å². The molecule has 0 heterocycles.